The molecule has 1 heterocycles. The Kier molecular flexibility index (Phi) is 11.3. The fourth-order valence-corrected chi connectivity index (χ4v) is 8.36. The molecule has 2 aromatic rings. The van der Waals surface area contributed by atoms with Crippen LogP contribution in [-0.2, 0) is 11.2 Å². The minimum Gasteiger partial charge on any atom is -0.491 e. The molecule has 9 heteroatoms. The molecule has 0 radical (unpaired) electrons. The van der Waals surface area contributed by atoms with E-state index in [2.05, 4.69) is 95.3 Å². The van der Waals surface area contributed by atoms with Gasteiger partial charge in [0.1, 0.15) is 17.3 Å². The number of benzene rings is 2. The summed E-state index contributed by atoms with van der Waals surface area (Å²) < 4.78 is 16.5. The highest BCUT2D eigenvalue weighted by atomic mass is 127. The van der Waals surface area contributed by atoms with E-state index < -0.39 is 0 Å². The Morgan fingerprint density at radius 3 is 2.13 bits per heavy atom. The Bertz CT molecular complexity index is 889. The Balaban J connectivity index is 1.62. The average molecular weight is 889 g/mol. The number of ether oxygens (including phenoxy) is 2. The highest BCUT2D eigenvalue weighted by Crippen LogP contribution is 2.37. The monoisotopic (exact) mass is 889 g/mol. The molecule has 0 atom stereocenters. The normalized spacial score (nSPS) is 14.5. The van der Waals surface area contributed by atoms with Crippen molar-refractivity contribution in [3.8, 4) is 17.2 Å². The van der Waals surface area contributed by atoms with Crippen molar-refractivity contribution in [3.05, 3.63) is 44.1 Å². The van der Waals surface area contributed by atoms with Gasteiger partial charge in [-0.2, -0.15) is 11.8 Å². The quantitative estimate of drug-likeness (QED) is 0.204. The van der Waals surface area contributed by atoms with E-state index in [0.717, 1.165) is 56.7 Å². The number of carbonyl (C=O) groups is 1. The first kappa shape index (κ1) is 26.5. The lowest BCUT2D eigenvalue weighted by Gasteiger charge is -2.26. The fourth-order valence-electron chi connectivity index (χ4n) is 3.24. The maximum absolute atomic E-state index is 11.4. The van der Waals surface area contributed by atoms with Crippen LogP contribution in [0.25, 0.3) is 0 Å². The lowest BCUT2D eigenvalue weighted by Crippen LogP contribution is -2.33. The second kappa shape index (κ2) is 13.1. The third-order valence-electron chi connectivity index (χ3n) is 4.67. The molecule has 0 spiro atoms. The van der Waals surface area contributed by atoms with Gasteiger partial charge in [-0.25, -0.2) is 0 Å². The third kappa shape index (κ3) is 8.28. The van der Waals surface area contributed by atoms with Crippen molar-refractivity contribution in [2.24, 2.45) is 0 Å². The molecule has 2 aromatic carbocycles. The number of hydrogen-bond donors (Lipinski definition) is 0. The molecule has 1 aliphatic rings. The summed E-state index contributed by atoms with van der Waals surface area (Å²) in [6, 6.07) is 8.09. The number of thioether (sulfide) groups is 1. The maximum Gasteiger partial charge on any atom is 0.154 e. The van der Waals surface area contributed by atoms with Gasteiger partial charge in [0.25, 0.3) is 0 Å². The van der Waals surface area contributed by atoms with Crippen LogP contribution in [0.4, 0.5) is 0 Å². The summed E-state index contributed by atoms with van der Waals surface area (Å²) >= 11 is 11.2. The molecule has 0 amide bonds. The first-order valence-electron chi connectivity index (χ1n) is 9.90. The first-order chi connectivity index (χ1) is 14.8. The van der Waals surface area contributed by atoms with Gasteiger partial charge in [-0.15, -0.1) is 0 Å². The Hall–Kier alpha value is 0.940. The summed E-state index contributed by atoms with van der Waals surface area (Å²) in [7, 11) is 0. The number of ketones is 1. The molecule has 0 saturated carbocycles. The van der Waals surface area contributed by atoms with Crippen LogP contribution in [0.15, 0.2) is 24.3 Å². The number of Topliss-reactive ketones (excluding diaryl/α,β-unsaturated/α-hetero) is 1. The fraction of sp³-hybridized carbons (Fsp3) is 0.409. The second-order valence-corrected chi connectivity index (χ2v) is 13.1. The topological polar surface area (TPSA) is 38.8 Å². The molecular formula is C22H23I4NO3S. The molecular weight excluding hydrogens is 866 g/mol. The van der Waals surface area contributed by atoms with Crippen LogP contribution >= 0.6 is 102 Å². The number of rotatable bonds is 9. The van der Waals surface area contributed by atoms with Crippen molar-refractivity contribution in [2.75, 3.05) is 37.7 Å². The smallest absolute Gasteiger partial charge is 0.154 e. The van der Waals surface area contributed by atoms with E-state index >= 15 is 0 Å². The summed E-state index contributed by atoms with van der Waals surface area (Å²) in [6.45, 7) is 5.83. The van der Waals surface area contributed by atoms with Crippen LogP contribution in [0.5, 0.6) is 17.2 Å². The zero-order chi connectivity index (χ0) is 22.4. The predicted molar refractivity (Wildman–Crippen MR) is 162 cm³/mol. The summed E-state index contributed by atoms with van der Waals surface area (Å²) in [6.07, 6.45) is 1.49. The van der Waals surface area contributed by atoms with Crippen molar-refractivity contribution < 1.29 is 14.3 Å². The van der Waals surface area contributed by atoms with Gasteiger partial charge in [-0.05, 0) is 134 Å². The van der Waals surface area contributed by atoms with Gasteiger partial charge in [0.2, 0.25) is 0 Å². The highest BCUT2D eigenvalue weighted by Gasteiger charge is 2.15. The van der Waals surface area contributed by atoms with Gasteiger partial charge in [-0.3, -0.25) is 4.79 Å². The van der Waals surface area contributed by atoms with Gasteiger partial charge in [0.15, 0.2) is 5.75 Å². The second-order valence-electron chi connectivity index (χ2n) is 7.24. The molecule has 4 nitrogen and oxygen atoms in total. The first-order valence-corrected chi connectivity index (χ1v) is 15.4. The third-order valence-corrected chi connectivity index (χ3v) is 8.82. The molecule has 31 heavy (non-hydrogen) atoms. The summed E-state index contributed by atoms with van der Waals surface area (Å²) in [4.78, 5) is 14.0. The van der Waals surface area contributed by atoms with E-state index in [-0.39, 0.29) is 5.78 Å². The summed E-state index contributed by atoms with van der Waals surface area (Å²) in [5.41, 5.74) is 1.02. The Labute approximate surface area is 242 Å². The zero-order valence-corrected chi connectivity index (χ0v) is 26.5. The van der Waals surface area contributed by atoms with Gasteiger partial charge >= 0.3 is 0 Å². The van der Waals surface area contributed by atoms with Crippen LogP contribution in [0.3, 0.4) is 0 Å². The van der Waals surface area contributed by atoms with Gasteiger partial charge in [0, 0.05) is 37.6 Å². The van der Waals surface area contributed by atoms with Crippen molar-refractivity contribution >= 4 is 108 Å². The largest absolute Gasteiger partial charge is 0.491 e. The van der Waals surface area contributed by atoms with Gasteiger partial charge < -0.3 is 14.4 Å². The zero-order valence-electron chi connectivity index (χ0n) is 17.1. The molecule has 168 valence electrons. The lowest BCUT2D eigenvalue weighted by molar-refractivity contribution is -0.116. The summed E-state index contributed by atoms with van der Waals surface area (Å²) in [5, 5.41) is 0. The molecule has 0 N–H and O–H groups in total. The van der Waals surface area contributed by atoms with Crippen LogP contribution < -0.4 is 9.47 Å². The Morgan fingerprint density at radius 1 is 0.968 bits per heavy atom. The molecule has 3 rings (SSSR count). The van der Waals surface area contributed by atoms with Crippen molar-refractivity contribution in [2.45, 2.75) is 19.8 Å². The van der Waals surface area contributed by atoms with Crippen LogP contribution in [0, 0.1) is 14.3 Å². The standard InChI is InChI=1S/C22H23I4NO3S/c1-14(28)9-15-10-17(23)22(18(24)11-15)30-16-12-19(25)21(20(26)13-16)29-6-2-3-27-4-7-31-8-5-27/h10-13H,2-9H2,1H3. The van der Waals surface area contributed by atoms with E-state index in [1.54, 1.807) is 6.92 Å². The maximum atomic E-state index is 11.4. The van der Waals surface area contributed by atoms with Crippen molar-refractivity contribution in [1.82, 2.24) is 4.90 Å². The van der Waals surface area contributed by atoms with E-state index in [0.29, 0.717) is 6.42 Å². The predicted octanol–water partition coefficient (Wildman–Crippen LogP) is 6.85. The number of carbonyl (C=O) groups excluding carboxylic acids is 1. The molecule has 0 aliphatic carbocycles. The lowest BCUT2D eigenvalue weighted by atomic mass is 10.1. The van der Waals surface area contributed by atoms with Crippen LogP contribution in [-0.4, -0.2) is 48.4 Å². The minimum atomic E-state index is 0.162. The van der Waals surface area contributed by atoms with Crippen molar-refractivity contribution in [1.29, 1.82) is 0 Å². The molecule has 1 saturated heterocycles. The number of hydrogen-bond acceptors (Lipinski definition) is 5. The minimum absolute atomic E-state index is 0.162. The molecule has 0 bridgehead atoms. The number of halogens is 4. The molecule has 1 fully saturated rings. The molecule has 0 aromatic heterocycles. The highest BCUT2D eigenvalue weighted by molar-refractivity contribution is 14.1. The van der Waals surface area contributed by atoms with E-state index in [9.17, 15) is 4.79 Å². The van der Waals surface area contributed by atoms with E-state index in [1.165, 1.54) is 24.6 Å². The number of nitrogens with zero attached hydrogens (tertiary/aromatic N) is 1. The molecule has 1 aliphatic heterocycles. The van der Waals surface area contributed by atoms with Crippen molar-refractivity contribution in [3.63, 3.8) is 0 Å². The molecule has 0 unspecified atom stereocenters. The van der Waals surface area contributed by atoms with Gasteiger partial charge in [-0.1, -0.05) is 0 Å². The average Bonchev–Trinajstić information content (AvgIpc) is 2.70. The van der Waals surface area contributed by atoms with Crippen LogP contribution in [0.1, 0.15) is 18.9 Å². The van der Waals surface area contributed by atoms with E-state index in [4.69, 9.17) is 9.47 Å². The van der Waals surface area contributed by atoms with Gasteiger partial charge in [0.05, 0.1) is 20.9 Å². The van der Waals surface area contributed by atoms with E-state index in [1.807, 2.05) is 36.0 Å². The SMILES string of the molecule is CC(=O)Cc1cc(I)c(Oc2cc(I)c(OCCCN3CCSCC3)c(I)c2)c(I)c1. The Morgan fingerprint density at radius 2 is 1.55 bits per heavy atom. The van der Waals surface area contributed by atoms with Crippen LogP contribution in [0.2, 0.25) is 0 Å². The summed E-state index contributed by atoms with van der Waals surface area (Å²) in [5.74, 6) is 5.21.